The van der Waals surface area contributed by atoms with Gasteiger partial charge in [0.15, 0.2) is 0 Å². The molecule has 1 rings (SSSR count). The van der Waals surface area contributed by atoms with Gasteiger partial charge in [-0.2, -0.15) is 0 Å². The Labute approximate surface area is 90.6 Å². The predicted molar refractivity (Wildman–Crippen MR) is 55.4 cm³/mol. The molecule has 0 unspecified atom stereocenters. The molecule has 0 spiro atoms. The zero-order chi connectivity index (χ0) is 10.4. The van der Waals surface area contributed by atoms with Crippen molar-refractivity contribution in [3.63, 3.8) is 0 Å². The Morgan fingerprint density at radius 1 is 1.43 bits per heavy atom. The molecule has 0 saturated carbocycles. The lowest BCUT2D eigenvalue weighted by Gasteiger charge is -2.12. The summed E-state index contributed by atoms with van der Waals surface area (Å²) in [5.41, 5.74) is 1.88. The number of aliphatic hydroxyl groups is 1. The molecular formula is C9H12BrNO3. The van der Waals surface area contributed by atoms with Crippen LogP contribution in [0.25, 0.3) is 0 Å². The molecule has 0 radical (unpaired) electrons. The predicted octanol–water partition coefficient (Wildman–Crippen LogP) is 1.17. The van der Waals surface area contributed by atoms with Crippen molar-refractivity contribution >= 4 is 15.9 Å². The number of hydroxylamine groups is 1. The first kappa shape index (κ1) is 11.5. The summed E-state index contributed by atoms with van der Waals surface area (Å²) < 4.78 is 6.14. The number of hydrogen-bond acceptors (Lipinski definition) is 4. The minimum atomic E-state index is -0.730. The standard InChI is InChI=1S/C9H12BrNO3/c10-8-3-1-2-4-9(8)14-6-7(12)5-11-13/h1-4,7,11-13H,5-6H2/t7-/m0/s1. The molecule has 0 fully saturated rings. The fourth-order valence-corrected chi connectivity index (χ4v) is 1.31. The van der Waals surface area contributed by atoms with Crippen molar-refractivity contribution in [3.05, 3.63) is 28.7 Å². The van der Waals surface area contributed by atoms with E-state index in [2.05, 4.69) is 15.9 Å². The largest absolute Gasteiger partial charge is 0.490 e. The third kappa shape index (κ3) is 3.63. The fourth-order valence-electron chi connectivity index (χ4n) is 0.912. The third-order valence-corrected chi connectivity index (χ3v) is 2.25. The summed E-state index contributed by atoms with van der Waals surface area (Å²) in [5.74, 6) is 0.671. The Bertz CT molecular complexity index is 283. The second kappa shape index (κ2) is 5.98. The topological polar surface area (TPSA) is 61.7 Å². The van der Waals surface area contributed by atoms with Crippen molar-refractivity contribution in [2.24, 2.45) is 0 Å². The monoisotopic (exact) mass is 261 g/mol. The summed E-state index contributed by atoms with van der Waals surface area (Å²) in [7, 11) is 0. The molecule has 1 aromatic carbocycles. The molecule has 0 aliphatic rings. The molecule has 1 atom stereocenters. The van der Waals surface area contributed by atoms with Crippen LogP contribution in [0.15, 0.2) is 28.7 Å². The van der Waals surface area contributed by atoms with Gasteiger partial charge in [-0.15, -0.1) is 0 Å². The van der Waals surface area contributed by atoms with Crippen molar-refractivity contribution in [2.75, 3.05) is 13.2 Å². The van der Waals surface area contributed by atoms with E-state index in [4.69, 9.17) is 9.94 Å². The Kier molecular flexibility index (Phi) is 4.89. The number of benzene rings is 1. The van der Waals surface area contributed by atoms with Gasteiger partial charge in [-0.1, -0.05) is 12.1 Å². The number of rotatable bonds is 5. The minimum Gasteiger partial charge on any atom is -0.490 e. The van der Waals surface area contributed by atoms with E-state index >= 15 is 0 Å². The van der Waals surface area contributed by atoms with E-state index in [0.717, 1.165) is 4.47 Å². The maximum atomic E-state index is 9.24. The summed E-state index contributed by atoms with van der Waals surface area (Å²) in [5, 5.41) is 17.6. The number of aliphatic hydroxyl groups excluding tert-OH is 1. The summed E-state index contributed by atoms with van der Waals surface area (Å²) in [6.07, 6.45) is -0.730. The lowest BCUT2D eigenvalue weighted by atomic mass is 10.3. The molecule has 78 valence electrons. The van der Waals surface area contributed by atoms with Gasteiger partial charge in [-0.05, 0) is 28.1 Å². The van der Waals surface area contributed by atoms with Crippen LogP contribution >= 0.6 is 15.9 Å². The SMILES string of the molecule is ONC[C@H](O)COc1ccccc1Br. The van der Waals surface area contributed by atoms with Crippen molar-refractivity contribution in [2.45, 2.75) is 6.10 Å². The van der Waals surface area contributed by atoms with Crippen molar-refractivity contribution in [1.82, 2.24) is 5.48 Å². The van der Waals surface area contributed by atoms with Gasteiger partial charge in [0.1, 0.15) is 18.5 Å². The molecule has 0 amide bonds. The molecule has 0 saturated heterocycles. The summed E-state index contributed by atoms with van der Waals surface area (Å²) in [4.78, 5) is 0. The van der Waals surface area contributed by atoms with Crippen LogP contribution < -0.4 is 10.2 Å². The maximum Gasteiger partial charge on any atom is 0.133 e. The third-order valence-electron chi connectivity index (χ3n) is 1.59. The molecular weight excluding hydrogens is 250 g/mol. The van der Waals surface area contributed by atoms with Crippen molar-refractivity contribution in [1.29, 1.82) is 0 Å². The quantitative estimate of drug-likeness (QED) is 0.697. The number of ether oxygens (including phenoxy) is 1. The van der Waals surface area contributed by atoms with Crippen LogP contribution in [0.4, 0.5) is 0 Å². The zero-order valence-corrected chi connectivity index (χ0v) is 9.07. The van der Waals surface area contributed by atoms with Crippen LogP contribution in [0.3, 0.4) is 0 Å². The molecule has 0 heterocycles. The minimum absolute atomic E-state index is 0.0878. The highest BCUT2D eigenvalue weighted by Crippen LogP contribution is 2.23. The highest BCUT2D eigenvalue weighted by atomic mass is 79.9. The first-order valence-corrected chi connectivity index (χ1v) is 4.95. The molecule has 14 heavy (non-hydrogen) atoms. The first-order valence-electron chi connectivity index (χ1n) is 4.16. The molecule has 5 heteroatoms. The Balaban J connectivity index is 2.41. The van der Waals surface area contributed by atoms with E-state index in [-0.39, 0.29) is 13.2 Å². The fraction of sp³-hybridized carbons (Fsp3) is 0.333. The van der Waals surface area contributed by atoms with Crippen LogP contribution in [0, 0.1) is 0 Å². The Morgan fingerprint density at radius 2 is 2.14 bits per heavy atom. The van der Waals surface area contributed by atoms with Crippen molar-refractivity contribution < 1.29 is 15.1 Å². The Hall–Kier alpha value is -0.620. The van der Waals surface area contributed by atoms with Crippen LogP contribution in [-0.4, -0.2) is 29.6 Å². The molecule has 0 aliphatic carbocycles. The zero-order valence-electron chi connectivity index (χ0n) is 7.48. The van der Waals surface area contributed by atoms with Crippen molar-refractivity contribution in [3.8, 4) is 5.75 Å². The average Bonchev–Trinajstić information content (AvgIpc) is 2.17. The van der Waals surface area contributed by atoms with Crippen LogP contribution in [0.1, 0.15) is 0 Å². The highest BCUT2D eigenvalue weighted by molar-refractivity contribution is 9.10. The van der Waals surface area contributed by atoms with Gasteiger partial charge in [-0.3, -0.25) is 0 Å². The van der Waals surface area contributed by atoms with E-state index in [1.54, 1.807) is 6.07 Å². The number of halogens is 1. The number of nitrogens with one attached hydrogen (secondary N) is 1. The van der Waals surface area contributed by atoms with Crippen LogP contribution in [-0.2, 0) is 0 Å². The van der Waals surface area contributed by atoms with E-state index in [9.17, 15) is 5.11 Å². The van der Waals surface area contributed by atoms with Gasteiger partial charge in [0.2, 0.25) is 0 Å². The lowest BCUT2D eigenvalue weighted by Crippen LogP contribution is -2.29. The summed E-state index contributed by atoms with van der Waals surface area (Å²) >= 11 is 3.31. The van der Waals surface area contributed by atoms with Gasteiger partial charge in [0.25, 0.3) is 0 Å². The highest BCUT2D eigenvalue weighted by Gasteiger charge is 2.05. The molecule has 0 aromatic heterocycles. The molecule has 0 aliphatic heterocycles. The molecule has 3 N–H and O–H groups in total. The van der Waals surface area contributed by atoms with E-state index in [1.807, 2.05) is 23.7 Å². The second-order valence-electron chi connectivity index (χ2n) is 2.76. The van der Waals surface area contributed by atoms with E-state index in [0.29, 0.717) is 5.75 Å². The normalized spacial score (nSPS) is 12.5. The summed E-state index contributed by atoms with van der Waals surface area (Å²) in [6.45, 7) is 0.223. The average molecular weight is 262 g/mol. The molecule has 0 bridgehead atoms. The summed E-state index contributed by atoms with van der Waals surface area (Å²) in [6, 6.07) is 7.37. The van der Waals surface area contributed by atoms with Crippen LogP contribution in [0.5, 0.6) is 5.75 Å². The van der Waals surface area contributed by atoms with Gasteiger partial charge < -0.3 is 15.1 Å². The molecule has 4 nitrogen and oxygen atoms in total. The van der Waals surface area contributed by atoms with E-state index in [1.165, 1.54) is 0 Å². The number of hydrogen-bond donors (Lipinski definition) is 3. The first-order chi connectivity index (χ1) is 6.74. The van der Waals surface area contributed by atoms with E-state index < -0.39 is 6.10 Å². The van der Waals surface area contributed by atoms with Gasteiger partial charge in [0, 0.05) is 0 Å². The van der Waals surface area contributed by atoms with Gasteiger partial charge in [0.05, 0.1) is 11.0 Å². The van der Waals surface area contributed by atoms with Crippen LogP contribution in [0.2, 0.25) is 0 Å². The Morgan fingerprint density at radius 3 is 2.79 bits per heavy atom. The smallest absolute Gasteiger partial charge is 0.133 e. The van der Waals surface area contributed by atoms with Gasteiger partial charge >= 0.3 is 0 Å². The lowest BCUT2D eigenvalue weighted by molar-refractivity contribution is 0.0599. The number of para-hydroxylation sites is 1. The second-order valence-corrected chi connectivity index (χ2v) is 3.61. The van der Waals surface area contributed by atoms with Gasteiger partial charge in [-0.25, -0.2) is 5.48 Å². The maximum absolute atomic E-state index is 9.24. The molecule has 1 aromatic rings.